The zero-order valence-electron chi connectivity index (χ0n) is 32.6. The summed E-state index contributed by atoms with van der Waals surface area (Å²) in [6, 6.07) is 13.1. The molecule has 0 fully saturated rings. The third-order valence-corrected chi connectivity index (χ3v) is 6.94. The van der Waals surface area contributed by atoms with Crippen molar-refractivity contribution in [2.24, 2.45) is 0 Å². The molecule has 2 aromatic rings. The number of carbonyl (C=O) groups is 1. The maximum absolute atomic E-state index is 11.0. The molecule has 0 radical (unpaired) electrons. The number of carbonyl (C=O) groups excluding carboxylic acids is 1. The summed E-state index contributed by atoms with van der Waals surface area (Å²) in [6.45, 7) is 12.5. The molecule has 0 aromatic heterocycles. The minimum absolute atomic E-state index is 0.0215. The molecule has 0 heterocycles. The van der Waals surface area contributed by atoms with E-state index in [9.17, 15) is 14.9 Å². The molecule has 0 spiro atoms. The highest BCUT2D eigenvalue weighted by molar-refractivity contribution is 5.88. The van der Waals surface area contributed by atoms with Crippen LogP contribution in [0.5, 0.6) is 11.5 Å². The number of ether oxygens (including phenoxy) is 13. The fourth-order valence-corrected chi connectivity index (χ4v) is 4.24. The Morgan fingerprint density at radius 2 is 0.661 bits per heavy atom. The number of nitrogens with zero attached hydrogens (tertiary/aromatic N) is 1. The third-order valence-electron chi connectivity index (χ3n) is 6.94. The Hall–Kier alpha value is -3.53. The Kier molecular flexibility index (Phi) is 31.1. The van der Waals surface area contributed by atoms with E-state index >= 15 is 0 Å². The summed E-state index contributed by atoms with van der Waals surface area (Å²) in [5.74, 6) is 1.15. The molecule has 56 heavy (non-hydrogen) atoms. The maximum Gasteiger partial charge on any atom is 0.269 e. The maximum atomic E-state index is 11.0. The number of non-ortho nitro benzene ring substituents is 1. The summed E-state index contributed by atoms with van der Waals surface area (Å²) in [7, 11) is 0. The van der Waals surface area contributed by atoms with Crippen LogP contribution >= 0.6 is 0 Å². The Morgan fingerprint density at radius 3 is 0.893 bits per heavy atom. The summed E-state index contributed by atoms with van der Waals surface area (Å²) >= 11 is 0. The van der Waals surface area contributed by atoms with Crippen LogP contribution in [-0.4, -0.2) is 169 Å². The van der Waals surface area contributed by atoms with Crippen molar-refractivity contribution in [3.8, 4) is 11.5 Å². The summed E-state index contributed by atoms with van der Waals surface area (Å²) in [5, 5.41) is 13.4. The first-order valence-corrected chi connectivity index (χ1v) is 18.8. The third kappa shape index (κ3) is 29.7. The lowest BCUT2D eigenvalue weighted by Gasteiger charge is -2.09. The number of hydrogen-bond acceptors (Lipinski definition) is 16. The van der Waals surface area contributed by atoms with Gasteiger partial charge < -0.3 is 66.9 Å². The highest BCUT2D eigenvalue weighted by atomic mass is 16.6. The van der Waals surface area contributed by atoms with Crippen molar-refractivity contribution >= 4 is 17.3 Å². The number of nitrogens with one attached hydrogen (secondary N) is 1. The number of anilines is 1. The second-order valence-electron chi connectivity index (χ2n) is 11.4. The molecule has 0 saturated heterocycles. The first kappa shape index (κ1) is 48.6. The van der Waals surface area contributed by atoms with E-state index in [-0.39, 0.29) is 11.6 Å². The van der Waals surface area contributed by atoms with Crippen molar-refractivity contribution < 1.29 is 71.3 Å². The summed E-state index contributed by atoms with van der Waals surface area (Å²) in [5.41, 5.74) is 0.747. The van der Waals surface area contributed by atoms with Crippen LogP contribution in [0, 0.1) is 10.1 Å². The zero-order valence-corrected chi connectivity index (χ0v) is 32.6. The van der Waals surface area contributed by atoms with E-state index in [4.69, 9.17) is 61.6 Å². The number of hydrogen-bond donors (Lipinski definition) is 1. The number of amides is 1. The van der Waals surface area contributed by atoms with Crippen molar-refractivity contribution in [2.45, 2.75) is 6.92 Å². The van der Waals surface area contributed by atoms with E-state index in [0.29, 0.717) is 170 Å². The van der Waals surface area contributed by atoms with Crippen LogP contribution in [-0.2, 0) is 56.9 Å². The van der Waals surface area contributed by atoms with Crippen molar-refractivity contribution in [3.63, 3.8) is 0 Å². The molecule has 2 aromatic carbocycles. The molecular weight excluding hydrogens is 740 g/mol. The highest BCUT2D eigenvalue weighted by Crippen LogP contribution is 2.17. The van der Waals surface area contributed by atoms with Crippen LogP contribution < -0.4 is 14.8 Å². The van der Waals surface area contributed by atoms with E-state index in [1.165, 1.54) is 19.1 Å². The van der Waals surface area contributed by atoms with Gasteiger partial charge in [-0.2, -0.15) is 0 Å². The molecule has 0 unspecified atom stereocenters. The first-order valence-electron chi connectivity index (χ1n) is 18.8. The van der Waals surface area contributed by atoms with E-state index in [1.54, 1.807) is 36.4 Å². The zero-order chi connectivity index (χ0) is 40.0. The van der Waals surface area contributed by atoms with Crippen molar-refractivity contribution in [3.05, 3.63) is 58.6 Å². The molecule has 1 N–H and O–H groups in total. The molecule has 18 heteroatoms. The van der Waals surface area contributed by atoms with E-state index in [0.717, 1.165) is 5.69 Å². The lowest BCUT2D eigenvalue weighted by molar-refractivity contribution is -0.384. The number of nitro benzene ring substituents is 1. The lowest BCUT2D eigenvalue weighted by atomic mass is 10.3. The predicted molar refractivity (Wildman–Crippen MR) is 204 cm³/mol. The first-order chi connectivity index (χ1) is 27.5. The molecule has 0 aliphatic rings. The summed E-state index contributed by atoms with van der Waals surface area (Å²) in [4.78, 5) is 21.2. The molecule has 0 aliphatic carbocycles. The Balaban J connectivity index is 1.15. The monoisotopic (exact) mass is 800 g/mol. The number of rotatable bonds is 40. The van der Waals surface area contributed by atoms with E-state index in [2.05, 4.69) is 5.32 Å². The number of nitro groups is 1. The standard InChI is InChI=1S/C38H60N2O16/c1-34(41)39-35-2-6-37(7-3-35)55-32-30-53-28-26-51-24-22-49-20-18-47-16-14-45-12-10-44-11-13-46-15-17-48-19-21-50-23-25-52-27-29-54-31-33-56-38-8-4-36(5-9-38)40(42)43/h2-9H,10-33H2,1H3,(H,39,41). The largest absolute Gasteiger partial charge is 0.491 e. The average Bonchev–Trinajstić information content (AvgIpc) is 3.19. The van der Waals surface area contributed by atoms with Gasteiger partial charge in [0.05, 0.1) is 150 Å². The molecule has 0 bridgehead atoms. The Labute approximate surface area is 329 Å². The minimum Gasteiger partial charge on any atom is -0.491 e. The fourth-order valence-electron chi connectivity index (χ4n) is 4.24. The summed E-state index contributed by atoms with van der Waals surface area (Å²) in [6.07, 6.45) is 0. The van der Waals surface area contributed by atoms with Crippen LogP contribution in [0.3, 0.4) is 0 Å². The van der Waals surface area contributed by atoms with E-state index < -0.39 is 4.92 Å². The predicted octanol–water partition coefficient (Wildman–Crippen LogP) is 3.19. The van der Waals surface area contributed by atoms with Crippen LogP contribution in [0.15, 0.2) is 48.5 Å². The van der Waals surface area contributed by atoms with Gasteiger partial charge in [-0.3, -0.25) is 14.9 Å². The van der Waals surface area contributed by atoms with Crippen LogP contribution in [0.4, 0.5) is 11.4 Å². The van der Waals surface area contributed by atoms with Crippen LogP contribution in [0.2, 0.25) is 0 Å². The highest BCUT2D eigenvalue weighted by Gasteiger charge is 2.04. The van der Waals surface area contributed by atoms with Gasteiger partial charge in [-0.15, -0.1) is 0 Å². The van der Waals surface area contributed by atoms with E-state index in [1.807, 2.05) is 0 Å². The second kappa shape index (κ2) is 35.9. The summed E-state index contributed by atoms with van der Waals surface area (Å²) < 4.78 is 71.3. The lowest BCUT2D eigenvalue weighted by Crippen LogP contribution is -2.15. The smallest absolute Gasteiger partial charge is 0.269 e. The molecular formula is C38H60N2O16. The minimum atomic E-state index is -0.454. The molecule has 2 rings (SSSR count). The molecule has 0 saturated carbocycles. The number of benzene rings is 2. The Morgan fingerprint density at radius 1 is 0.429 bits per heavy atom. The molecule has 0 aliphatic heterocycles. The quantitative estimate of drug-likeness (QED) is 0.0587. The fraction of sp³-hybridized carbons (Fsp3) is 0.658. The molecule has 18 nitrogen and oxygen atoms in total. The molecule has 0 atom stereocenters. The van der Waals surface area contributed by atoms with Crippen molar-refractivity contribution in [1.29, 1.82) is 0 Å². The van der Waals surface area contributed by atoms with Gasteiger partial charge in [0, 0.05) is 24.7 Å². The van der Waals surface area contributed by atoms with Gasteiger partial charge >= 0.3 is 0 Å². The van der Waals surface area contributed by atoms with Crippen LogP contribution in [0.25, 0.3) is 0 Å². The molecule has 1 amide bonds. The van der Waals surface area contributed by atoms with Gasteiger partial charge in [0.2, 0.25) is 5.91 Å². The van der Waals surface area contributed by atoms with Gasteiger partial charge in [0.25, 0.3) is 5.69 Å². The van der Waals surface area contributed by atoms with Crippen molar-refractivity contribution in [2.75, 3.05) is 164 Å². The average molecular weight is 801 g/mol. The van der Waals surface area contributed by atoms with Gasteiger partial charge in [-0.05, 0) is 36.4 Å². The normalized spacial score (nSPS) is 11.2. The Bertz CT molecular complexity index is 1210. The topological polar surface area (TPSA) is 192 Å². The second-order valence-corrected chi connectivity index (χ2v) is 11.4. The SMILES string of the molecule is CC(=O)Nc1ccc(OCCOCCOCCOCCOCCOCCOCCOCCOCCOCCOCCOCCOc2ccc([N+](=O)[O-])cc2)cc1. The van der Waals surface area contributed by atoms with Gasteiger partial charge in [0.1, 0.15) is 24.7 Å². The van der Waals surface area contributed by atoms with Gasteiger partial charge in [-0.25, -0.2) is 0 Å². The van der Waals surface area contributed by atoms with Crippen molar-refractivity contribution in [1.82, 2.24) is 0 Å². The molecule has 318 valence electrons. The van der Waals surface area contributed by atoms with Gasteiger partial charge in [0.15, 0.2) is 0 Å². The van der Waals surface area contributed by atoms with Crippen LogP contribution in [0.1, 0.15) is 6.92 Å². The van der Waals surface area contributed by atoms with Gasteiger partial charge in [-0.1, -0.05) is 0 Å².